The number of rotatable bonds is 4. The summed E-state index contributed by atoms with van der Waals surface area (Å²) in [6, 6.07) is 9.78. The Hall–Kier alpha value is -0.340. The number of halogens is 1. The van der Waals surface area contributed by atoms with Crippen LogP contribution in [0.3, 0.4) is 0 Å². The van der Waals surface area contributed by atoms with Gasteiger partial charge in [0.1, 0.15) is 0 Å². The van der Waals surface area contributed by atoms with Gasteiger partial charge >= 0.3 is 0 Å². The third-order valence-corrected chi connectivity index (χ3v) is 5.04. The fourth-order valence-electron chi connectivity index (χ4n) is 3.18. The van der Waals surface area contributed by atoms with Crippen molar-refractivity contribution in [3.63, 3.8) is 0 Å². The summed E-state index contributed by atoms with van der Waals surface area (Å²) < 4.78 is 1.17. The maximum atomic E-state index is 3.80. The third-order valence-electron chi connectivity index (χ3n) is 4.55. The fourth-order valence-corrected chi connectivity index (χ4v) is 3.60. The summed E-state index contributed by atoms with van der Waals surface area (Å²) in [4.78, 5) is 0. The van der Waals surface area contributed by atoms with E-state index in [0.717, 1.165) is 11.8 Å². The Labute approximate surface area is 126 Å². The first-order chi connectivity index (χ1) is 9.06. The van der Waals surface area contributed by atoms with Gasteiger partial charge in [-0.2, -0.15) is 0 Å². The van der Waals surface area contributed by atoms with E-state index < -0.39 is 0 Å². The van der Waals surface area contributed by atoms with Gasteiger partial charge in [0.05, 0.1) is 0 Å². The van der Waals surface area contributed by atoms with Crippen LogP contribution in [0.2, 0.25) is 0 Å². The monoisotopic (exact) mass is 323 g/mol. The zero-order valence-electron chi connectivity index (χ0n) is 12.3. The van der Waals surface area contributed by atoms with E-state index in [9.17, 15) is 0 Å². The third kappa shape index (κ3) is 4.32. The molecular formula is C17H26BrN. The van der Waals surface area contributed by atoms with E-state index in [-0.39, 0.29) is 0 Å². The fraction of sp³-hybridized carbons (Fsp3) is 0.647. The normalized spacial score (nSPS) is 25.5. The highest BCUT2D eigenvalue weighted by molar-refractivity contribution is 9.10. The van der Waals surface area contributed by atoms with Crippen LogP contribution in [0.4, 0.5) is 0 Å². The van der Waals surface area contributed by atoms with Crippen LogP contribution in [-0.4, -0.2) is 6.04 Å². The van der Waals surface area contributed by atoms with Gasteiger partial charge in [-0.3, -0.25) is 0 Å². The molecule has 1 nitrogen and oxygen atoms in total. The van der Waals surface area contributed by atoms with Crippen molar-refractivity contribution in [2.45, 2.75) is 58.5 Å². The Bertz CT molecular complexity index is 394. The summed E-state index contributed by atoms with van der Waals surface area (Å²) >= 11 is 3.55. The predicted octanol–water partition coefficient (Wildman–Crippen LogP) is 5.31. The summed E-state index contributed by atoms with van der Waals surface area (Å²) in [5.41, 5.74) is 1.38. The average Bonchev–Trinajstić information content (AvgIpc) is 2.39. The van der Waals surface area contributed by atoms with E-state index in [0.29, 0.717) is 12.1 Å². The smallest absolute Gasteiger partial charge is 0.0294 e. The highest BCUT2D eigenvalue weighted by Crippen LogP contribution is 2.31. The molecule has 1 atom stereocenters. The second-order valence-electron chi connectivity index (χ2n) is 6.30. The van der Waals surface area contributed by atoms with E-state index in [4.69, 9.17) is 0 Å². The summed E-state index contributed by atoms with van der Waals surface area (Å²) in [6.07, 6.45) is 5.45. The number of hydrogen-bond donors (Lipinski definition) is 1. The van der Waals surface area contributed by atoms with Crippen molar-refractivity contribution in [2.24, 2.45) is 11.8 Å². The topological polar surface area (TPSA) is 12.0 Å². The van der Waals surface area contributed by atoms with Gasteiger partial charge in [-0.05, 0) is 62.1 Å². The molecule has 1 unspecified atom stereocenters. The molecule has 0 aliphatic heterocycles. The molecule has 106 valence electrons. The molecule has 0 saturated heterocycles. The maximum Gasteiger partial charge on any atom is 0.0294 e. The van der Waals surface area contributed by atoms with Gasteiger partial charge in [0.15, 0.2) is 0 Å². The second-order valence-corrected chi connectivity index (χ2v) is 7.21. The number of benzene rings is 1. The largest absolute Gasteiger partial charge is 0.307 e. The minimum Gasteiger partial charge on any atom is -0.307 e. The first-order valence-corrected chi connectivity index (χ1v) is 8.37. The van der Waals surface area contributed by atoms with Crippen LogP contribution in [0.25, 0.3) is 0 Å². The van der Waals surface area contributed by atoms with E-state index in [1.165, 1.54) is 35.7 Å². The molecule has 1 aromatic carbocycles. The van der Waals surface area contributed by atoms with Gasteiger partial charge in [-0.25, -0.2) is 0 Å². The molecular weight excluding hydrogens is 298 g/mol. The van der Waals surface area contributed by atoms with Gasteiger partial charge < -0.3 is 5.32 Å². The molecule has 19 heavy (non-hydrogen) atoms. The first kappa shape index (κ1) is 15.1. The number of hydrogen-bond acceptors (Lipinski definition) is 1. The maximum absolute atomic E-state index is 3.80. The molecule has 0 spiro atoms. The molecule has 1 saturated carbocycles. The van der Waals surface area contributed by atoms with Crippen LogP contribution in [0, 0.1) is 11.8 Å². The highest BCUT2D eigenvalue weighted by Gasteiger charge is 2.24. The van der Waals surface area contributed by atoms with Crippen molar-refractivity contribution in [2.75, 3.05) is 0 Å². The van der Waals surface area contributed by atoms with Crippen LogP contribution >= 0.6 is 15.9 Å². The van der Waals surface area contributed by atoms with E-state index in [2.05, 4.69) is 66.3 Å². The van der Waals surface area contributed by atoms with Crippen LogP contribution in [0.5, 0.6) is 0 Å². The zero-order chi connectivity index (χ0) is 13.8. The van der Waals surface area contributed by atoms with Gasteiger partial charge in [-0.1, -0.05) is 41.9 Å². The lowest BCUT2D eigenvalue weighted by Crippen LogP contribution is -2.35. The lowest BCUT2D eigenvalue weighted by atomic mass is 9.79. The lowest BCUT2D eigenvalue weighted by molar-refractivity contribution is 0.231. The van der Waals surface area contributed by atoms with Gasteiger partial charge in [0.25, 0.3) is 0 Å². The average molecular weight is 324 g/mol. The Kier molecular flexibility index (Phi) is 5.47. The molecule has 1 aliphatic carbocycles. The molecule has 0 amide bonds. The standard InChI is InChI=1S/C17H26BrN/c1-12(2)14-7-9-17(10-8-14)19-13(3)15-5-4-6-16(18)11-15/h4-6,11-14,17,19H,7-10H2,1-3H3. The summed E-state index contributed by atoms with van der Waals surface area (Å²) in [6.45, 7) is 7.00. The second kappa shape index (κ2) is 6.90. The van der Waals surface area contributed by atoms with Crippen molar-refractivity contribution in [1.29, 1.82) is 0 Å². The van der Waals surface area contributed by atoms with Crippen molar-refractivity contribution in [3.05, 3.63) is 34.3 Å². The van der Waals surface area contributed by atoms with Gasteiger partial charge in [0.2, 0.25) is 0 Å². The molecule has 1 fully saturated rings. The van der Waals surface area contributed by atoms with E-state index in [1.807, 2.05) is 0 Å². The van der Waals surface area contributed by atoms with Crippen LogP contribution in [0.1, 0.15) is 58.1 Å². The molecule has 0 heterocycles. The van der Waals surface area contributed by atoms with Crippen LogP contribution in [0.15, 0.2) is 28.7 Å². The van der Waals surface area contributed by atoms with Crippen molar-refractivity contribution < 1.29 is 0 Å². The Morgan fingerprint density at radius 1 is 1.11 bits per heavy atom. The Morgan fingerprint density at radius 2 is 1.79 bits per heavy atom. The van der Waals surface area contributed by atoms with Crippen LogP contribution < -0.4 is 5.32 Å². The van der Waals surface area contributed by atoms with E-state index in [1.54, 1.807) is 0 Å². The zero-order valence-corrected chi connectivity index (χ0v) is 13.9. The summed E-state index contributed by atoms with van der Waals surface area (Å²) in [7, 11) is 0. The van der Waals surface area contributed by atoms with Crippen molar-refractivity contribution in [3.8, 4) is 0 Å². The first-order valence-electron chi connectivity index (χ1n) is 7.57. The lowest BCUT2D eigenvalue weighted by Gasteiger charge is -2.33. The number of nitrogens with one attached hydrogen (secondary N) is 1. The van der Waals surface area contributed by atoms with E-state index >= 15 is 0 Å². The van der Waals surface area contributed by atoms with Gasteiger partial charge in [0, 0.05) is 16.6 Å². The predicted molar refractivity (Wildman–Crippen MR) is 86.3 cm³/mol. The molecule has 1 aliphatic rings. The summed E-state index contributed by atoms with van der Waals surface area (Å²) in [5.74, 6) is 1.79. The van der Waals surface area contributed by atoms with Gasteiger partial charge in [-0.15, -0.1) is 0 Å². The minimum absolute atomic E-state index is 0.443. The molecule has 0 aromatic heterocycles. The quantitative estimate of drug-likeness (QED) is 0.791. The molecule has 2 rings (SSSR count). The molecule has 0 radical (unpaired) electrons. The molecule has 1 N–H and O–H groups in total. The van der Waals surface area contributed by atoms with Crippen molar-refractivity contribution in [1.82, 2.24) is 5.32 Å². The Morgan fingerprint density at radius 3 is 2.37 bits per heavy atom. The SMILES string of the molecule is CC(NC1CCC(C(C)C)CC1)c1cccc(Br)c1. The van der Waals surface area contributed by atoms with Crippen LogP contribution in [-0.2, 0) is 0 Å². The molecule has 1 aromatic rings. The van der Waals surface area contributed by atoms with Crippen molar-refractivity contribution >= 4 is 15.9 Å². The Balaban J connectivity index is 1.85. The molecule has 2 heteroatoms. The molecule has 0 bridgehead atoms. The minimum atomic E-state index is 0.443. The summed E-state index contributed by atoms with van der Waals surface area (Å²) in [5, 5.41) is 3.80. The highest BCUT2D eigenvalue weighted by atomic mass is 79.9.